The molecule has 1 fully saturated rings. The maximum Gasteiger partial charge on any atom is 0.154 e. The molecule has 18 heavy (non-hydrogen) atoms. The van der Waals surface area contributed by atoms with Crippen LogP contribution >= 0.6 is 11.6 Å². The zero-order valence-electron chi connectivity index (χ0n) is 10.0. The number of carbonyl (C=O) groups is 1. The molecule has 4 heteroatoms. The van der Waals surface area contributed by atoms with E-state index in [1.165, 1.54) is 0 Å². The summed E-state index contributed by atoms with van der Waals surface area (Å²) in [7, 11) is 0. The molecule has 1 atom stereocenters. The number of aromatic amines is 1. The first-order chi connectivity index (χ1) is 8.74. The molecule has 0 radical (unpaired) electrons. The highest BCUT2D eigenvalue weighted by atomic mass is 35.5. The Morgan fingerprint density at radius 2 is 2.33 bits per heavy atom. The van der Waals surface area contributed by atoms with Gasteiger partial charge < -0.3 is 10.3 Å². The van der Waals surface area contributed by atoms with Crippen molar-refractivity contribution >= 4 is 28.3 Å². The number of hydrogen-bond donors (Lipinski definition) is 2. The second-order valence-corrected chi connectivity index (χ2v) is 5.23. The minimum absolute atomic E-state index is 0.0438. The SMILES string of the molecule is O=C(Cc1c[nH]c2cc(Cl)ccc12)C1CCCN1. The van der Waals surface area contributed by atoms with Gasteiger partial charge in [0.05, 0.1) is 6.04 Å². The largest absolute Gasteiger partial charge is 0.361 e. The van der Waals surface area contributed by atoms with E-state index in [1.807, 2.05) is 24.4 Å². The standard InChI is InChI=1S/C14H15ClN2O/c15-10-3-4-11-9(8-17-13(11)7-10)6-14(18)12-2-1-5-16-12/h3-4,7-8,12,16-17H,1-2,5-6H2. The van der Waals surface area contributed by atoms with Gasteiger partial charge in [0.25, 0.3) is 0 Å². The second-order valence-electron chi connectivity index (χ2n) is 4.80. The molecular formula is C14H15ClN2O. The van der Waals surface area contributed by atoms with Gasteiger partial charge in [-0.2, -0.15) is 0 Å². The van der Waals surface area contributed by atoms with Gasteiger partial charge in [-0.25, -0.2) is 0 Å². The van der Waals surface area contributed by atoms with E-state index in [0.29, 0.717) is 11.4 Å². The number of Topliss-reactive ketones (excluding diaryl/α,β-unsaturated/α-hetero) is 1. The molecule has 3 rings (SSSR count). The van der Waals surface area contributed by atoms with Gasteiger partial charge in [-0.1, -0.05) is 17.7 Å². The highest BCUT2D eigenvalue weighted by Gasteiger charge is 2.22. The molecule has 0 saturated carbocycles. The third kappa shape index (κ3) is 2.16. The van der Waals surface area contributed by atoms with E-state index < -0.39 is 0 Å². The highest BCUT2D eigenvalue weighted by Crippen LogP contribution is 2.23. The number of H-pyrrole nitrogens is 1. The topological polar surface area (TPSA) is 44.9 Å². The molecule has 1 aromatic carbocycles. The Balaban J connectivity index is 1.84. The number of aromatic nitrogens is 1. The minimum Gasteiger partial charge on any atom is -0.361 e. The molecule has 1 aliphatic rings. The zero-order chi connectivity index (χ0) is 12.5. The summed E-state index contributed by atoms with van der Waals surface area (Å²) in [4.78, 5) is 15.3. The molecule has 2 N–H and O–H groups in total. The van der Waals surface area contributed by atoms with Gasteiger partial charge in [0.15, 0.2) is 5.78 Å². The summed E-state index contributed by atoms with van der Waals surface area (Å²) >= 11 is 5.94. The van der Waals surface area contributed by atoms with E-state index in [2.05, 4.69) is 10.3 Å². The fourth-order valence-corrected chi connectivity index (χ4v) is 2.75. The highest BCUT2D eigenvalue weighted by molar-refractivity contribution is 6.31. The van der Waals surface area contributed by atoms with Crippen molar-refractivity contribution in [2.75, 3.05) is 6.54 Å². The van der Waals surface area contributed by atoms with Crippen molar-refractivity contribution in [1.29, 1.82) is 0 Å². The van der Waals surface area contributed by atoms with Crippen molar-refractivity contribution in [1.82, 2.24) is 10.3 Å². The monoisotopic (exact) mass is 262 g/mol. The number of rotatable bonds is 3. The molecule has 94 valence electrons. The number of fused-ring (bicyclic) bond motifs is 1. The van der Waals surface area contributed by atoms with Gasteiger partial charge in [0.1, 0.15) is 0 Å². The molecule has 2 aromatic rings. The summed E-state index contributed by atoms with van der Waals surface area (Å²) in [6.45, 7) is 0.958. The van der Waals surface area contributed by atoms with Gasteiger partial charge in [-0.3, -0.25) is 4.79 Å². The minimum atomic E-state index is 0.0438. The van der Waals surface area contributed by atoms with Gasteiger partial charge >= 0.3 is 0 Å². The Kier molecular flexibility index (Phi) is 3.10. The summed E-state index contributed by atoms with van der Waals surface area (Å²) in [5, 5.41) is 5.04. The first-order valence-corrected chi connectivity index (χ1v) is 6.63. The van der Waals surface area contributed by atoms with Crippen molar-refractivity contribution in [2.24, 2.45) is 0 Å². The van der Waals surface area contributed by atoms with Gasteiger partial charge in [-0.05, 0) is 37.1 Å². The summed E-state index contributed by atoms with van der Waals surface area (Å²) in [6.07, 6.45) is 4.46. The molecule has 1 saturated heterocycles. The number of halogens is 1. The second kappa shape index (κ2) is 4.75. The van der Waals surface area contributed by atoms with Crippen LogP contribution in [0.4, 0.5) is 0 Å². The van der Waals surface area contributed by atoms with E-state index in [-0.39, 0.29) is 11.8 Å². The van der Waals surface area contributed by atoms with Crippen molar-refractivity contribution in [3.05, 3.63) is 35.0 Å². The Hall–Kier alpha value is -1.32. The smallest absolute Gasteiger partial charge is 0.154 e. The van der Waals surface area contributed by atoms with Crippen LogP contribution in [0.1, 0.15) is 18.4 Å². The number of ketones is 1. The van der Waals surface area contributed by atoms with E-state index in [4.69, 9.17) is 11.6 Å². The fraction of sp³-hybridized carbons (Fsp3) is 0.357. The lowest BCUT2D eigenvalue weighted by Gasteiger charge is -2.07. The summed E-state index contributed by atoms with van der Waals surface area (Å²) in [6, 6.07) is 5.76. The van der Waals surface area contributed by atoms with Crippen LogP contribution < -0.4 is 5.32 Å². The predicted octanol–water partition coefficient (Wildman–Crippen LogP) is 2.68. The van der Waals surface area contributed by atoms with Crippen LogP contribution in [0.5, 0.6) is 0 Å². The van der Waals surface area contributed by atoms with Crippen LogP contribution in [0.15, 0.2) is 24.4 Å². The lowest BCUT2D eigenvalue weighted by atomic mass is 10.0. The van der Waals surface area contributed by atoms with E-state index in [1.54, 1.807) is 0 Å². The number of hydrogen-bond acceptors (Lipinski definition) is 2. The lowest BCUT2D eigenvalue weighted by Crippen LogP contribution is -2.31. The first-order valence-electron chi connectivity index (χ1n) is 6.25. The van der Waals surface area contributed by atoms with E-state index >= 15 is 0 Å². The molecule has 2 heterocycles. The number of nitrogens with one attached hydrogen (secondary N) is 2. The Morgan fingerprint density at radius 1 is 1.44 bits per heavy atom. The fourth-order valence-electron chi connectivity index (χ4n) is 2.58. The van der Waals surface area contributed by atoms with Gasteiger partial charge in [-0.15, -0.1) is 0 Å². The molecule has 1 aromatic heterocycles. The average Bonchev–Trinajstić information content (AvgIpc) is 2.98. The average molecular weight is 263 g/mol. The molecule has 1 aliphatic heterocycles. The quantitative estimate of drug-likeness (QED) is 0.893. The van der Waals surface area contributed by atoms with E-state index in [0.717, 1.165) is 35.9 Å². The third-order valence-corrected chi connectivity index (χ3v) is 3.78. The summed E-state index contributed by atoms with van der Waals surface area (Å²) < 4.78 is 0. The molecule has 3 nitrogen and oxygen atoms in total. The normalized spacial score (nSPS) is 19.5. The third-order valence-electron chi connectivity index (χ3n) is 3.54. The molecule has 0 bridgehead atoms. The molecule has 1 unspecified atom stereocenters. The van der Waals surface area contributed by atoms with Gasteiger partial charge in [0.2, 0.25) is 0 Å². The van der Waals surface area contributed by atoms with Crippen LogP contribution in [0, 0.1) is 0 Å². The zero-order valence-corrected chi connectivity index (χ0v) is 10.8. The lowest BCUT2D eigenvalue weighted by molar-refractivity contribution is -0.120. The van der Waals surface area contributed by atoms with Crippen molar-refractivity contribution < 1.29 is 4.79 Å². The molecule has 0 spiro atoms. The van der Waals surface area contributed by atoms with Crippen LogP contribution in [0.2, 0.25) is 5.02 Å². The van der Waals surface area contributed by atoms with E-state index in [9.17, 15) is 4.79 Å². The summed E-state index contributed by atoms with van der Waals surface area (Å²) in [5.41, 5.74) is 2.05. The van der Waals surface area contributed by atoms with Crippen molar-refractivity contribution in [3.8, 4) is 0 Å². The van der Waals surface area contributed by atoms with Crippen molar-refractivity contribution in [3.63, 3.8) is 0 Å². The molecule has 0 amide bonds. The van der Waals surface area contributed by atoms with Gasteiger partial charge in [0, 0.05) is 28.5 Å². The maximum absolute atomic E-state index is 12.1. The Bertz CT molecular complexity index is 584. The number of carbonyl (C=O) groups excluding carboxylic acids is 1. The maximum atomic E-state index is 12.1. The van der Waals surface area contributed by atoms with Crippen LogP contribution in [-0.2, 0) is 11.2 Å². The van der Waals surface area contributed by atoms with Crippen LogP contribution in [0.25, 0.3) is 10.9 Å². The molecule has 0 aliphatic carbocycles. The Labute approximate surface area is 111 Å². The number of benzene rings is 1. The van der Waals surface area contributed by atoms with Crippen molar-refractivity contribution in [2.45, 2.75) is 25.3 Å². The van der Waals surface area contributed by atoms with Crippen LogP contribution in [0.3, 0.4) is 0 Å². The molecular weight excluding hydrogens is 248 g/mol. The van der Waals surface area contributed by atoms with Crippen LogP contribution in [-0.4, -0.2) is 23.4 Å². The summed E-state index contributed by atoms with van der Waals surface area (Å²) in [5.74, 6) is 0.281. The first kappa shape index (κ1) is 11.8. The Morgan fingerprint density at radius 3 is 3.11 bits per heavy atom. The predicted molar refractivity (Wildman–Crippen MR) is 73.0 cm³/mol.